The molecule has 10 nitrogen and oxygen atoms in total. The molecule has 0 amide bonds. The lowest BCUT2D eigenvalue weighted by molar-refractivity contribution is 0.371. The molecule has 11 heteroatoms. The lowest BCUT2D eigenvalue weighted by atomic mass is 10.0. The van der Waals surface area contributed by atoms with Crippen LogP contribution in [0.3, 0.4) is 0 Å². The van der Waals surface area contributed by atoms with Gasteiger partial charge in [-0.3, -0.25) is 23.1 Å². The summed E-state index contributed by atoms with van der Waals surface area (Å²) in [6.45, 7) is 3.10. The van der Waals surface area contributed by atoms with Crippen molar-refractivity contribution in [3.05, 3.63) is 72.5 Å². The molecule has 0 N–H and O–H groups in total. The highest BCUT2D eigenvalue weighted by Crippen LogP contribution is 2.32. The molecular weight excluding hydrogens is 494 g/mol. The van der Waals surface area contributed by atoms with Gasteiger partial charge in [-0.15, -0.1) is 0 Å². The minimum Gasteiger partial charge on any atom is -0.356 e. The molecule has 0 saturated carbocycles. The first-order valence-corrected chi connectivity index (χ1v) is 12.5. The predicted octanol–water partition coefficient (Wildman–Crippen LogP) is 2.64. The molecular formula is C26H26ClN7O3. The van der Waals surface area contributed by atoms with Crippen molar-refractivity contribution >= 4 is 50.3 Å². The van der Waals surface area contributed by atoms with E-state index in [2.05, 4.69) is 14.9 Å². The Morgan fingerprint density at radius 2 is 1.46 bits per heavy atom. The second-order valence-electron chi connectivity index (χ2n) is 9.83. The van der Waals surface area contributed by atoms with Crippen LogP contribution in [0.2, 0.25) is 5.28 Å². The number of hydrogen-bond acceptors (Lipinski definition) is 6. The number of nitrogens with zero attached hydrogens (tertiary/aromatic N) is 7. The molecule has 6 rings (SSSR count). The van der Waals surface area contributed by atoms with Gasteiger partial charge in [-0.1, -0.05) is 11.6 Å². The molecule has 0 bridgehead atoms. The number of anilines is 1. The first kappa shape index (κ1) is 23.5. The molecule has 1 saturated heterocycles. The SMILES string of the molecule is Cc1ccc2c(c1)c(=O)n(C1CCN(c3nc(Cl)nc4cc5c(cc34)n(C)c(=O)n5C)CC1)c(=O)n2C. The Bertz CT molecular complexity index is 1920. The highest BCUT2D eigenvalue weighted by Gasteiger charge is 2.27. The Balaban J connectivity index is 1.39. The highest BCUT2D eigenvalue weighted by atomic mass is 35.5. The van der Waals surface area contributed by atoms with Crippen molar-refractivity contribution in [2.75, 3.05) is 18.0 Å². The fourth-order valence-corrected chi connectivity index (χ4v) is 5.74. The molecule has 0 aliphatic carbocycles. The molecule has 0 spiro atoms. The van der Waals surface area contributed by atoms with Gasteiger partial charge in [0, 0.05) is 45.7 Å². The lowest BCUT2D eigenvalue weighted by Crippen LogP contribution is -2.45. The smallest absolute Gasteiger partial charge is 0.331 e. The zero-order valence-corrected chi connectivity index (χ0v) is 21.8. The Morgan fingerprint density at radius 3 is 2.16 bits per heavy atom. The molecule has 1 aliphatic heterocycles. The Kier molecular flexibility index (Phi) is 5.27. The third-order valence-corrected chi connectivity index (χ3v) is 7.80. The fourth-order valence-electron chi connectivity index (χ4n) is 5.57. The summed E-state index contributed by atoms with van der Waals surface area (Å²) in [6, 6.07) is 9.13. The number of fused-ring (bicyclic) bond motifs is 3. The van der Waals surface area contributed by atoms with E-state index >= 15 is 0 Å². The van der Waals surface area contributed by atoms with E-state index in [1.165, 1.54) is 4.57 Å². The molecule has 4 heterocycles. The van der Waals surface area contributed by atoms with Gasteiger partial charge in [0.2, 0.25) is 5.28 Å². The predicted molar refractivity (Wildman–Crippen MR) is 145 cm³/mol. The molecule has 0 radical (unpaired) electrons. The largest absolute Gasteiger partial charge is 0.356 e. The van der Waals surface area contributed by atoms with E-state index in [0.717, 1.165) is 22.0 Å². The van der Waals surface area contributed by atoms with Gasteiger partial charge in [0.25, 0.3) is 5.56 Å². The summed E-state index contributed by atoms with van der Waals surface area (Å²) in [7, 11) is 5.17. The minimum absolute atomic E-state index is 0.121. The standard InChI is InChI=1S/C26H26ClN7O3/c1-14-5-6-19-17(11-14)23(35)34(26(37)30(19)2)15-7-9-33(10-8-15)22-16-12-20-21(32(4)25(36)31(20)3)13-18(16)28-24(27)29-22/h5-6,11-13,15H,7-10H2,1-4H3. The monoisotopic (exact) mass is 519 g/mol. The first-order chi connectivity index (χ1) is 17.7. The second-order valence-corrected chi connectivity index (χ2v) is 10.2. The summed E-state index contributed by atoms with van der Waals surface area (Å²) in [6.07, 6.45) is 1.20. The van der Waals surface area contributed by atoms with Crippen LogP contribution in [0.15, 0.2) is 44.7 Å². The topological polar surface area (TPSA) is 100.0 Å². The third kappa shape index (κ3) is 3.50. The third-order valence-electron chi connectivity index (χ3n) is 7.63. The Hall–Kier alpha value is -3.92. The maximum absolute atomic E-state index is 13.4. The number of rotatable bonds is 2. The first-order valence-electron chi connectivity index (χ1n) is 12.1. The number of benzene rings is 2. The molecule has 1 aliphatic rings. The van der Waals surface area contributed by atoms with Gasteiger partial charge in [0.05, 0.1) is 27.5 Å². The van der Waals surface area contributed by atoms with E-state index in [0.29, 0.717) is 48.2 Å². The fraction of sp³-hybridized carbons (Fsp3) is 0.346. The highest BCUT2D eigenvalue weighted by molar-refractivity contribution is 6.29. The minimum atomic E-state index is -0.303. The zero-order valence-electron chi connectivity index (χ0n) is 21.0. The Labute approximate surface area is 216 Å². The number of piperidine rings is 1. The van der Waals surface area contributed by atoms with Gasteiger partial charge in [0.1, 0.15) is 5.82 Å². The molecule has 0 atom stereocenters. The summed E-state index contributed by atoms with van der Waals surface area (Å²) >= 11 is 6.31. The number of hydrogen-bond donors (Lipinski definition) is 0. The molecule has 37 heavy (non-hydrogen) atoms. The van der Waals surface area contributed by atoms with Crippen LogP contribution in [0.5, 0.6) is 0 Å². The molecule has 0 unspecified atom stereocenters. The Morgan fingerprint density at radius 1 is 0.811 bits per heavy atom. The van der Waals surface area contributed by atoms with E-state index in [-0.39, 0.29) is 28.3 Å². The van der Waals surface area contributed by atoms with Crippen molar-refractivity contribution in [3.63, 3.8) is 0 Å². The average molecular weight is 520 g/mol. The van der Waals surface area contributed by atoms with Gasteiger partial charge in [0.15, 0.2) is 0 Å². The van der Waals surface area contributed by atoms with Crippen molar-refractivity contribution in [1.82, 2.24) is 28.2 Å². The molecule has 5 aromatic rings. The van der Waals surface area contributed by atoms with Crippen molar-refractivity contribution in [2.24, 2.45) is 21.1 Å². The number of aromatic nitrogens is 6. The number of halogens is 1. The lowest BCUT2D eigenvalue weighted by Gasteiger charge is -2.34. The van der Waals surface area contributed by atoms with Gasteiger partial charge in [-0.05, 0) is 55.6 Å². The molecule has 3 aromatic heterocycles. The van der Waals surface area contributed by atoms with E-state index in [9.17, 15) is 14.4 Å². The summed E-state index contributed by atoms with van der Waals surface area (Å²) in [4.78, 5) is 50.1. The quantitative estimate of drug-likeness (QED) is 0.332. The maximum Gasteiger partial charge on any atom is 0.331 e. The van der Waals surface area contributed by atoms with Gasteiger partial charge >= 0.3 is 11.4 Å². The summed E-state index contributed by atoms with van der Waals surface area (Å²) in [5.74, 6) is 0.682. The van der Waals surface area contributed by atoms with Crippen LogP contribution in [0.1, 0.15) is 24.4 Å². The molecule has 190 valence electrons. The van der Waals surface area contributed by atoms with Crippen molar-refractivity contribution in [1.29, 1.82) is 0 Å². The molecule has 1 fully saturated rings. The van der Waals surface area contributed by atoms with Crippen molar-refractivity contribution in [2.45, 2.75) is 25.8 Å². The van der Waals surface area contributed by atoms with Crippen LogP contribution < -0.4 is 21.8 Å². The van der Waals surface area contributed by atoms with Crippen LogP contribution in [0, 0.1) is 6.92 Å². The summed E-state index contributed by atoms with van der Waals surface area (Å²) in [5, 5.41) is 1.47. The zero-order chi connectivity index (χ0) is 26.2. The van der Waals surface area contributed by atoms with Crippen LogP contribution in [0.4, 0.5) is 5.82 Å². The van der Waals surface area contributed by atoms with E-state index < -0.39 is 0 Å². The van der Waals surface area contributed by atoms with Crippen LogP contribution in [0.25, 0.3) is 32.8 Å². The van der Waals surface area contributed by atoms with Crippen LogP contribution in [-0.4, -0.2) is 41.3 Å². The van der Waals surface area contributed by atoms with Crippen molar-refractivity contribution < 1.29 is 0 Å². The molecule has 2 aromatic carbocycles. The van der Waals surface area contributed by atoms with Gasteiger partial charge < -0.3 is 4.90 Å². The van der Waals surface area contributed by atoms with Crippen molar-refractivity contribution in [3.8, 4) is 0 Å². The van der Waals surface area contributed by atoms with E-state index in [1.807, 2.05) is 37.3 Å². The van der Waals surface area contributed by atoms with Crippen LogP contribution in [-0.2, 0) is 21.1 Å². The summed E-state index contributed by atoms with van der Waals surface area (Å²) < 4.78 is 6.14. The average Bonchev–Trinajstić information content (AvgIpc) is 3.09. The van der Waals surface area contributed by atoms with E-state index in [1.54, 1.807) is 34.8 Å². The van der Waals surface area contributed by atoms with Crippen LogP contribution >= 0.6 is 11.6 Å². The van der Waals surface area contributed by atoms with Gasteiger partial charge in [-0.2, -0.15) is 4.98 Å². The normalized spacial score (nSPS) is 14.9. The number of imidazole rings is 1. The second kappa shape index (κ2) is 8.31. The summed E-state index contributed by atoms with van der Waals surface area (Å²) in [5.41, 5.74) is 3.14. The van der Waals surface area contributed by atoms with Gasteiger partial charge in [-0.25, -0.2) is 14.6 Å². The number of aryl methyl sites for hydroxylation is 4. The van der Waals surface area contributed by atoms with E-state index in [4.69, 9.17) is 11.6 Å². The maximum atomic E-state index is 13.4.